The van der Waals surface area contributed by atoms with Crippen LogP contribution in [0, 0.1) is 0 Å². The van der Waals surface area contributed by atoms with Crippen molar-refractivity contribution >= 4 is 50.2 Å². The molecule has 0 saturated heterocycles. The van der Waals surface area contributed by atoms with E-state index in [0.29, 0.717) is 5.75 Å². The second-order valence-corrected chi connectivity index (χ2v) is 3.17. The van der Waals surface area contributed by atoms with Crippen LogP contribution in [0.4, 0.5) is 0 Å². The van der Waals surface area contributed by atoms with E-state index in [1.165, 1.54) is 0 Å². The zero-order valence-electron chi connectivity index (χ0n) is 10.9. The van der Waals surface area contributed by atoms with Gasteiger partial charge in [0.15, 0.2) is 0 Å². The van der Waals surface area contributed by atoms with Crippen molar-refractivity contribution in [1.29, 1.82) is 0 Å². The van der Waals surface area contributed by atoms with Gasteiger partial charge in [-0.15, -0.1) is 0 Å². The van der Waals surface area contributed by atoms with Crippen molar-refractivity contribution in [2.75, 3.05) is 0 Å². The Balaban J connectivity index is 0. The Morgan fingerprint density at radius 3 is 1.58 bits per heavy atom. The average Bonchev–Trinajstić information content (AvgIpc) is 2.31. The molecule has 2 aromatic rings. The van der Waals surface area contributed by atoms with Gasteiger partial charge in [-0.2, -0.15) is 0 Å². The predicted molar refractivity (Wildman–Crippen MR) is 79.9 cm³/mol. The summed E-state index contributed by atoms with van der Waals surface area (Å²) in [5, 5.41) is 16.7. The van der Waals surface area contributed by atoms with Crippen LogP contribution in [-0.4, -0.2) is 54.8 Å². The van der Waals surface area contributed by atoms with Gasteiger partial charge >= 0.3 is 7.32 Å². The predicted octanol–water partition coefficient (Wildman–Crippen LogP) is 0.296. The second-order valence-electron chi connectivity index (χ2n) is 3.17. The molecule has 5 N–H and O–H groups in total. The molecule has 0 heterocycles. The Bertz CT molecular complexity index is 418. The third kappa shape index (κ3) is 10.8. The number of hydrogen-bond acceptors (Lipinski definition) is 4. The fraction of sp³-hybridized carbons (Fsp3) is 0. The summed E-state index contributed by atoms with van der Waals surface area (Å²) in [6.45, 7) is 0. The molecule has 0 aliphatic rings. The molecule has 0 fully saturated rings. The third-order valence-corrected chi connectivity index (χ3v) is 1.78. The molecule has 0 bridgehead atoms. The van der Waals surface area contributed by atoms with Gasteiger partial charge in [-0.25, -0.2) is 0 Å². The first-order valence-electron chi connectivity index (χ1n) is 5.07. The molecule has 93 valence electrons. The van der Waals surface area contributed by atoms with Crippen LogP contribution in [0.25, 0.3) is 0 Å². The maximum atomic E-state index is 8.34. The normalized spacial score (nSPS) is 7.89. The summed E-state index contributed by atoms with van der Waals surface area (Å²) in [5.41, 5.74) is 0.822. The molecule has 3 radical (unpaired) electrons. The van der Waals surface area contributed by atoms with E-state index in [4.69, 9.17) is 17.9 Å². The zero-order valence-corrected chi connectivity index (χ0v) is 12.9. The van der Waals surface area contributed by atoms with Gasteiger partial charge in [-0.3, -0.25) is 0 Å². The molecule has 0 spiro atoms. The molecule has 4 nitrogen and oxygen atoms in total. The van der Waals surface area contributed by atoms with Gasteiger partial charge in [0.25, 0.3) is 0 Å². The van der Waals surface area contributed by atoms with Crippen LogP contribution in [0.2, 0.25) is 0 Å². The van der Waals surface area contributed by atoms with E-state index in [0.717, 1.165) is 5.46 Å². The maximum Gasteiger partial charge on any atom is 0.707 e. The van der Waals surface area contributed by atoms with E-state index in [9.17, 15) is 0 Å². The number of rotatable bonds is 2. The van der Waals surface area contributed by atoms with Crippen molar-refractivity contribution in [2.45, 2.75) is 0 Å². The molecular formula is C12H15B2NNaO3. The van der Waals surface area contributed by atoms with Crippen molar-refractivity contribution in [3.63, 3.8) is 0 Å². The first kappa shape index (κ1) is 20.6. The Morgan fingerprint density at radius 2 is 1.26 bits per heavy atom. The molecule has 7 heteroatoms. The quantitative estimate of drug-likeness (QED) is 0.682. The standard InChI is InChI=1S/C6H7BO3.C6H5B.H3N.Na/c8-7(9)10-6-4-2-1-3-5-6;7-6-4-2-1-3-5-6;;/h1-5,8-9H;1-5H;1H3;. The number of para-hydroxylation sites is 1. The summed E-state index contributed by atoms with van der Waals surface area (Å²) in [6.07, 6.45) is 0. The van der Waals surface area contributed by atoms with Crippen LogP contribution in [0.1, 0.15) is 0 Å². The minimum Gasteiger partial charge on any atom is -0.512 e. The third-order valence-electron chi connectivity index (χ3n) is 1.78. The maximum absolute atomic E-state index is 8.34. The largest absolute Gasteiger partial charge is 0.707 e. The number of benzene rings is 2. The summed E-state index contributed by atoms with van der Waals surface area (Å²) < 4.78 is 4.53. The van der Waals surface area contributed by atoms with Crippen LogP contribution in [0.5, 0.6) is 5.75 Å². The number of hydrogen-bond donors (Lipinski definition) is 3. The van der Waals surface area contributed by atoms with Crippen molar-refractivity contribution in [3.8, 4) is 5.75 Å². The SMILES string of the molecule is N.OB(O)Oc1ccccc1.[B]c1ccccc1.[Na]. The van der Waals surface area contributed by atoms with Crippen LogP contribution in [-0.2, 0) is 0 Å². The van der Waals surface area contributed by atoms with Gasteiger partial charge in [0.05, 0.1) is 0 Å². The Morgan fingerprint density at radius 1 is 0.842 bits per heavy atom. The van der Waals surface area contributed by atoms with Crippen molar-refractivity contribution in [2.24, 2.45) is 0 Å². The summed E-state index contributed by atoms with van der Waals surface area (Å²) in [5.74, 6) is 0.442. The minimum atomic E-state index is -1.73. The molecular weight excluding hydrogens is 251 g/mol. The Hall–Kier alpha value is -0.750. The fourth-order valence-corrected chi connectivity index (χ4v) is 1.07. The van der Waals surface area contributed by atoms with Gasteiger partial charge in [-0.05, 0) is 12.1 Å². The van der Waals surface area contributed by atoms with E-state index in [-0.39, 0.29) is 35.7 Å². The van der Waals surface area contributed by atoms with E-state index in [2.05, 4.69) is 4.65 Å². The monoisotopic (exact) mass is 266 g/mol. The van der Waals surface area contributed by atoms with Gasteiger partial charge in [0.2, 0.25) is 0 Å². The fourth-order valence-electron chi connectivity index (χ4n) is 1.07. The van der Waals surface area contributed by atoms with E-state index >= 15 is 0 Å². The van der Waals surface area contributed by atoms with Crippen LogP contribution < -0.4 is 16.3 Å². The van der Waals surface area contributed by atoms with Gasteiger partial charge < -0.3 is 20.9 Å². The molecule has 19 heavy (non-hydrogen) atoms. The average molecular weight is 266 g/mol. The molecule has 2 aromatic carbocycles. The molecule has 0 amide bonds. The Kier molecular flexibility index (Phi) is 13.3. The van der Waals surface area contributed by atoms with E-state index in [1.807, 2.05) is 36.4 Å². The van der Waals surface area contributed by atoms with Crippen molar-refractivity contribution in [3.05, 3.63) is 60.7 Å². The molecule has 2 rings (SSSR count). The summed E-state index contributed by atoms with van der Waals surface area (Å²) in [6, 6.07) is 18.1. The second kappa shape index (κ2) is 12.3. The Labute approximate surface area is 137 Å². The van der Waals surface area contributed by atoms with Gasteiger partial charge in [0.1, 0.15) is 13.6 Å². The minimum absolute atomic E-state index is 0. The van der Waals surface area contributed by atoms with Crippen LogP contribution in [0.3, 0.4) is 0 Å². The molecule has 0 aliphatic heterocycles. The summed E-state index contributed by atoms with van der Waals surface area (Å²) >= 11 is 0. The van der Waals surface area contributed by atoms with Crippen molar-refractivity contribution in [1.82, 2.24) is 6.15 Å². The molecule has 0 atom stereocenters. The zero-order chi connectivity index (χ0) is 12.5. The summed E-state index contributed by atoms with van der Waals surface area (Å²) in [7, 11) is 3.62. The topological polar surface area (TPSA) is 84.7 Å². The summed E-state index contributed by atoms with van der Waals surface area (Å²) in [4.78, 5) is 0. The van der Waals surface area contributed by atoms with E-state index < -0.39 is 7.32 Å². The molecule has 0 aliphatic carbocycles. The van der Waals surface area contributed by atoms with E-state index in [1.54, 1.807) is 24.3 Å². The molecule has 0 aromatic heterocycles. The molecule has 0 unspecified atom stereocenters. The van der Waals surface area contributed by atoms with Gasteiger partial charge in [-0.1, -0.05) is 54.0 Å². The first-order chi connectivity index (χ1) is 8.18. The molecule has 0 saturated carbocycles. The van der Waals surface area contributed by atoms with Crippen LogP contribution >= 0.6 is 0 Å². The van der Waals surface area contributed by atoms with Crippen LogP contribution in [0.15, 0.2) is 60.7 Å². The van der Waals surface area contributed by atoms with Crippen molar-refractivity contribution < 1.29 is 14.7 Å². The van der Waals surface area contributed by atoms with Gasteiger partial charge in [0, 0.05) is 29.6 Å². The smallest absolute Gasteiger partial charge is 0.512 e. The first-order valence-corrected chi connectivity index (χ1v) is 5.07.